The van der Waals surface area contributed by atoms with Crippen molar-refractivity contribution in [1.29, 1.82) is 0 Å². The number of rotatable bonds is 13. The Kier molecular flexibility index (Phi) is 11.3. The molecule has 7 rings (SSSR count). The lowest BCUT2D eigenvalue weighted by Crippen LogP contribution is -2.66. The SMILES string of the molecule is CC(C)C1=C2[C@H]3CC[C@@H]4[C@@]5(C)CC[C@H](OC(=O)CC(C)(C)C(=O)O)C(C)(C)[C@@H]5CC[C@@]4(C)[C@]3(C)CCC2(C(O)CN(CCN2CCCC2=O)CC2CCC2)CC1=O. The second kappa shape index (κ2) is 15.0. The first-order valence-electron chi connectivity index (χ1n) is 23.0. The minimum Gasteiger partial charge on any atom is -0.481 e. The summed E-state index contributed by atoms with van der Waals surface area (Å²) in [6.07, 6.45) is 12.5. The first-order chi connectivity index (χ1) is 26.6. The maximum atomic E-state index is 14.3. The average Bonchev–Trinajstić information content (AvgIpc) is 3.66. The lowest BCUT2D eigenvalue weighted by Gasteiger charge is -2.72. The van der Waals surface area contributed by atoms with Crippen molar-refractivity contribution in [3.05, 3.63) is 11.1 Å². The summed E-state index contributed by atoms with van der Waals surface area (Å²) in [5.41, 5.74) is 0.446. The Morgan fingerprint density at radius 1 is 0.912 bits per heavy atom. The van der Waals surface area contributed by atoms with E-state index in [0.717, 1.165) is 83.0 Å². The number of aliphatic hydroxyl groups excluding tert-OH is 1. The van der Waals surface area contributed by atoms with E-state index < -0.39 is 28.9 Å². The Hall–Kier alpha value is -2.26. The maximum absolute atomic E-state index is 14.3. The van der Waals surface area contributed by atoms with E-state index in [1.807, 2.05) is 4.90 Å². The van der Waals surface area contributed by atoms with Gasteiger partial charge in [0.25, 0.3) is 0 Å². The molecule has 2 unspecified atom stereocenters. The fraction of sp³-hybridized carbons (Fsp3) is 0.875. The zero-order valence-corrected chi connectivity index (χ0v) is 37.0. The highest BCUT2D eigenvalue weighted by Crippen LogP contribution is 2.77. The molecule has 6 fully saturated rings. The highest BCUT2D eigenvalue weighted by molar-refractivity contribution is 6.00. The number of likely N-dealkylation sites (tertiary alicyclic amines) is 1. The van der Waals surface area contributed by atoms with E-state index in [9.17, 15) is 29.4 Å². The van der Waals surface area contributed by atoms with Crippen LogP contribution in [0.4, 0.5) is 0 Å². The summed E-state index contributed by atoms with van der Waals surface area (Å²) in [6, 6.07) is 0. The van der Waals surface area contributed by atoms with Crippen LogP contribution in [0.5, 0.6) is 0 Å². The number of nitrogens with zero attached hydrogens (tertiary/aromatic N) is 2. The number of carbonyl (C=O) groups excluding carboxylic acids is 3. The predicted octanol–water partition coefficient (Wildman–Crippen LogP) is 8.47. The summed E-state index contributed by atoms with van der Waals surface area (Å²) in [5, 5.41) is 22.3. The van der Waals surface area contributed by atoms with Crippen LogP contribution in [0.3, 0.4) is 0 Å². The topological polar surface area (TPSA) is 124 Å². The number of aliphatic hydroxyl groups is 1. The van der Waals surface area contributed by atoms with Crippen LogP contribution in [0.25, 0.3) is 0 Å². The number of hydrogen-bond donors (Lipinski definition) is 2. The minimum atomic E-state index is -1.17. The number of fused-ring (bicyclic) bond motifs is 7. The molecular weight excluding hydrogens is 717 g/mol. The number of esters is 1. The van der Waals surface area contributed by atoms with Crippen LogP contribution in [-0.4, -0.2) is 88.6 Å². The van der Waals surface area contributed by atoms with Gasteiger partial charge >= 0.3 is 11.9 Å². The van der Waals surface area contributed by atoms with Crippen LogP contribution in [0.15, 0.2) is 11.1 Å². The molecule has 1 saturated heterocycles. The van der Waals surface area contributed by atoms with Gasteiger partial charge in [0.15, 0.2) is 5.78 Å². The van der Waals surface area contributed by atoms with Gasteiger partial charge in [-0.15, -0.1) is 0 Å². The Labute approximate surface area is 343 Å². The molecule has 7 aliphatic rings. The quantitative estimate of drug-likeness (QED) is 0.178. The second-order valence-corrected chi connectivity index (χ2v) is 22.6. The van der Waals surface area contributed by atoms with Crippen molar-refractivity contribution < 1.29 is 34.1 Å². The first kappa shape index (κ1) is 42.8. The van der Waals surface area contributed by atoms with Gasteiger partial charge in [0.1, 0.15) is 6.10 Å². The number of carbonyl (C=O) groups is 4. The number of allylic oxidation sites excluding steroid dienone is 1. The van der Waals surface area contributed by atoms with Gasteiger partial charge in [0, 0.05) is 56.4 Å². The van der Waals surface area contributed by atoms with Gasteiger partial charge in [-0.2, -0.15) is 0 Å². The molecule has 0 bridgehead atoms. The molecule has 6 aliphatic carbocycles. The molecule has 0 aromatic heterocycles. The molecule has 9 heteroatoms. The second-order valence-electron chi connectivity index (χ2n) is 22.6. The van der Waals surface area contributed by atoms with Crippen molar-refractivity contribution in [3.8, 4) is 0 Å². The third kappa shape index (κ3) is 6.96. The highest BCUT2D eigenvalue weighted by Gasteiger charge is 2.71. The van der Waals surface area contributed by atoms with Gasteiger partial charge in [-0.25, -0.2) is 0 Å². The zero-order valence-electron chi connectivity index (χ0n) is 37.0. The van der Waals surface area contributed by atoms with Crippen molar-refractivity contribution in [2.24, 2.45) is 62.1 Å². The van der Waals surface area contributed by atoms with Crippen molar-refractivity contribution in [3.63, 3.8) is 0 Å². The average molecular weight is 793 g/mol. The number of hydrogen-bond acceptors (Lipinski definition) is 7. The number of amides is 1. The third-order valence-electron chi connectivity index (χ3n) is 18.5. The van der Waals surface area contributed by atoms with Gasteiger partial charge in [0.05, 0.1) is 17.9 Å². The molecule has 9 nitrogen and oxygen atoms in total. The van der Waals surface area contributed by atoms with Crippen LogP contribution in [0.1, 0.15) is 159 Å². The minimum absolute atomic E-state index is 0.0230. The molecule has 5 saturated carbocycles. The Morgan fingerprint density at radius 2 is 1.63 bits per heavy atom. The number of ether oxygens (including phenoxy) is 1. The fourth-order valence-corrected chi connectivity index (χ4v) is 14.8. The highest BCUT2D eigenvalue weighted by atomic mass is 16.5. The molecule has 57 heavy (non-hydrogen) atoms. The lowest BCUT2D eigenvalue weighted by molar-refractivity contribution is -0.235. The van der Waals surface area contributed by atoms with E-state index in [-0.39, 0.29) is 57.7 Å². The first-order valence-corrected chi connectivity index (χ1v) is 23.0. The molecular formula is C48H76N2O7. The van der Waals surface area contributed by atoms with Gasteiger partial charge in [0.2, 0.25) is 5.91 Å². The Balaban J connectivity index is 1.14. The molecule has 0 aromatic rings. The van der Waals surface area contributed by atoms with Gasteiger partial charge in [-0.3, -0.25) is 24.1 Å². The van der Waals surface area contributed by atoms with Crippen molar-refractivity contribution >= 4 is 23.6 Å². The van der Waals surface area contributed by atoms with Crippen molar-refractivity contribution in [1.82, 2.24) is 9.80 Å². The van der Waals surface area contributed by atoms with E-state index in [2.05, 4.69) is 53.4 Å². The van der Waals surface area contributed by atoms with Crippen LogP contribution in [0.2, 0.25) is 0 Å². The number of aliphatic carboxylic acids is 1. The molecule has 9 atom stereocenters. The summed E-state index contributed by atoms with van der Waals surface area (Å²) < 4.78 is 6.20. The summed E-state index contributed by atoms with van der Waals surface area (Å²) in [6.45, 7) is 23.6. The number of ketones is 1. The molecule has 1 aliphatic heterocycles. The van der Waals surface area contributed by atoms with E-state index in [1.165, 1.54) is 24.8 Å². The third-order valence-corrected chi connectivity index (χ3v) is 18.5. The number of carboxylic acid groups (broad SMARTS) is 1. The van der Waals surface area contributed by atoms with Gasteiger partial charge in [-0.05, 0) is 136 Å². The zero-order chi connectivity index (χ0) is 41.5. The van der Waals surface area contributed by atoms with Crippen LogP contribution < -0.4 is 0 Å². The molecule has 320 valence electrons. The van der Waals surface area contributed by atoms with E-state index in [4.69, 9.17) is 4.74 Å². The standard InChI is InChI=1S/C48H76N2O7/c1-30(2)40-33(51)26-48(36(52)29-49(28-31-12-10-13-31)24-25-50-23-11-14-38(50)53)22-21-46(8)32(41(40)48)15-16-35-45(7)19-18-37(57-39(54)27-43(3,4)42(55)56)44(5,6)34(45)17-20-47(35,46)9/h30-32,34-37,52H,10-29H2,1-9H3,(H,55,56)/t32-,34+,35-,36?,37+,45+,46-,47-,48?/m1/s1. The molecule has 1 heterocycles. The molecule has 1 amide bonds. The van der Waals surface area contributed by atoms with Crippen molar-refractivity contribution in [2.45, 2.75) is 171 Å². The van der Waals surface area contributed by atoms with Crippen molar-refractivity contribution in [2.75, 3.05) is 32.7 Å². The van der Waals surface area contributed by atoms with Crippen LogP contribution in [-0.2, 0) is 23.9 Å². The van der Waals surface area contributed by atoms with Crippen LogP contribution >= 0.6 is 0 Å². The van der Waals surface area contributed by atoms with E-state index in [1.54, 1.807) is 13.8 Å². The smallest absolute Gasteiger partial charge is 0.309 e. The largest absolute Gasteiger partial charge is 0.481 e. The molecule has 2 N–H and O–H groups in total. The summed E-state index contributed by atoms with van der Waals surface area (Å²) >= 11 is 0. The van der Waals surface area contributed by atoms with Crippen LogP contribution in [0, 0.1) is 62.1 Å². The molecule has 0 radical (unpaired) electrons. The number of Topliss-reactive ketones (excluding diaryl/α,β-unsaturated/α-hetero) is 1. The lowest BCUT2D eigenvalue weighted by atomic mass is 9.33. The Bertz CT molecular complexity index is 1650. The maximum Gasteiger partial charge on any atom is 0.309 e. The molecule has 0 spiro atoms. The van der Waals surface area contributed by atoms with E-state index in [0.29, 0.717) is 43.7 Å². The molecule has 0 aromatic carbocycles. The normalized spacial score (nSPS) is 38.4. The van der Waals surface area contributed by atoms with Gasteiger partial charge in [-0.1, -0.05) is 60.5 Å². The number of carboxylic acids is 1. The summed E-state index contributed by atoms with van der Waals surface area (Å²) in [7, 11) is 0. The predicted molar refractivity (Wildman–Crippen MR) is 221 cm³/mol. The Morgan fingerprint density at radius 3 is 2.25 bits per heavy atom. The monoisotopic (exact) mass is 793 g/mol. The van der Waals surface area contributed by atoms with Gasteiger partial charge < -0.3 is 19.8 Å². The summed E-state index contributed by atoms with van der Waals surface area (Å²) in [4.78, 5) is 56.3. The fourth-order valence-electron chi connectivity index (χ4n) is 14.8. The summed E-state index contributed by atoms with van der Waals surface area (Å²) in [5.74, 6) is 0.940. The van der Waals surface area contributed by atoms with E-state index >= 15 is 0 Å².